The summed E-state index contributed by atoms with van der Waals surface area (Å²) in [7, 11) is 3.46. The molecule has 3 aliphatic rings. The highest BCUT2D eigenvalue weighted by Gasteiger charge is 2.41. The Bertz CT molecular complexity index is 881. The van der Waals surface area contributed by atoms with E-state index in [0.717, 1.165) is 21.8 Å². The van der Waals surface area contributed by atoms with Gasteiger partial charge < -0.3 is 4.90 Å². The van der Waals surface area contributed by atoms with Crippen molar-refractivity contribution in [2.45, 2.75) is 0 Å². The second-order valence-electron chi connectivity index (χ2n) is 6.20. The van der Waals surface area contributed by atoms with Gasteiger partial charge in [0, 0.05) is 35.9 Å². The van der Waals surface area contributed by atoms with Crippen LogP contribution in [0.1, 0.15) is 5.56 Å². The molecule has 0 aromatic heterocycles. The molecule has 3 heterocycles. The molecule has 1 unspecified atom stereocenters. The third kappa shape index (κ3) is 2.53. The molecular weight excluding hydrogens is 334 g/mol. The third-order valence-electron chi connectivity index (χ3n) is 4.41. The second-order valence-corrected chi connectivity index (χ2v) is 7.23. The lowest BCUT2D eigenvalue weighted by atomic mass is 9.90. The average Bonchev–Trinajstić information content (AvgIpc) is 3.11. The van der Waals surface area contributed by atoms with Crippen molar-refractivity contribution < 1.29 is 9.59 Å². The van der Waals surface area contributed by atoms with E-state index in [-0.39, 0.29) is 11.8 Å². The minimum absolute atomic E-state index is 0.0580. The maximum absolute atomic E-state index is 13.0. The maximum atomic E-state index is 13.0. The van der Waals surface area contributed by atoms with Gasteiger partial charge in [-0.3, -0.25) is 9.59 Å². The van der Waals surface area contributed by atoms with E-state index in [1.165, 1.54) is 5.01 Å². The van der Waals surface area contributed by atoms with E-state index in [2.05, 4.69) is 11.2 Å². The first-order valence-corrected chi connectivity index (χ1v) is 9.01. The number of hydrazone groups is 1. The Labute approximate surface area is 150 Å². The van der Waals surface area contributed by atoms with Gasteiger partial charge in [-0.25, -0.2) is 0 Å². The van der Waals surface area contributed by atoms with E-state index in [0.29, 0.717) is 11.3 Å². The molecule has 1 atom stereocenters. The first-order valence-electron chi connectivity index (χ1n) is 8.02. The molecule has 0 saturated heterocycles. The van der Waals surface area contributed by atoms with E-state index >= 15 is 0 Å². The minimum Gasteiger partial charge on any atom is -0.348 e. The lowest BCUT2D eigenvalue weighted by Gasteiger charge is -2.35. The van der Waals surface area contributed by atoms with Crippen LogP contribution in [0.4, 0.5) is 0 Å². The van der Waals surface area contributed by atoms with Gasteiger partial charge in [0.25, 0.3) is 5.91 Å². The van der Waals surface area contributed by atoms with E-state index in [1.54, 1.807) is 43.0 Å². The van der Waals surface area contributed by atoms with Crippen LogP contribution >= 0.6 is 11.8 Å². The zero-order valence-corrected chi connectivity index (χ0v) is 14.8. The summed E-state index contributed by atoms with van der Waals surface area (Å²) in [5.41, 5.74) is 2.98. The molecule has 1 aromatic carbocycles. The van der Waals surface area contributed by atoms with Gasteiger partial charge in [-0.2, -0.15) is 10.1 Å². The standard InChI is InChI=1S/C19H17N3O2S/c1-21(2)18(23)15-10-14(12-6-4-3-5-7-12)19(24)22-16(15)17-13(11-20-22)8-9-25-17/h3-8,10-11,15H,9H2,1-2H3. The highest BCUT2D eigenvalue weighted by molar-refractivity contribution is 8.03. The quantitative estimate of drug-likeness (QED) is 0.823. The van der Waals surface area contributed by atoms with Crippen LogP contribution in [0.5, 0.6) is 0 Å². The Morgan fingerprint density at radius 1 is 1.28 bits per heavy atom. The van der Waals surface area contributed by atoms with Crippen LogP contribution in [-0.2, 0) is 9.59 Å². The Hall–Kier alpha value is -2.60. The molecule has 2 amide bonds. The van der Waals surface area contributed by atoms with Crippen molar-refractivity contribution >= 4 is 35.4 Å². The lowest BCUT2D eigenvalue weighted by Crippen LogP contribution is -2.42. The summed E-state index contributed by atoms with van der Waals surface area (Å²) < 4.78 is 0. The van der Waals surface area contributed by atoms with E-state index in [4.69, 9.17) is 0 Å². The van der Waals surface area contributed by atoms with E-state index in [9.17, 15) is 9.59 Å². The Balaban J connectivity index is 1.91. The molecule has 25 heavy (non-hydrogen) atoms. The summed E-state index contributed by atoms with van der Waals surface area (Å²) in [4.78, 5) is 28.4. The zero-order chi connectivity index (χ0) is 17.6. The molecule has 126 valence electrons. The van der Waals surface area contributed by atoms with Crippen molar-refractivity contribution in [2.24, 2.45) is 11.0 Å². The number of fused-ring (bicyclic) bond motifs is 2. The van der Waals surface area contributed by atoms with Crippen molar-refractivity contribution in [3.63, 3.8) is 0 Å². The number of hydrogen-bond donors (Lipinski definition) is 0. The fourth-order valence-electron chi connectivity index (χ4n) is 3.17. The van der Waals surface area contributed by atoms with E-state index in [1.807, 2.05) is 30.3 Å². The maximum Gasteiger partial charge on any atom is 0.278 e. The van der Waals surface area contributed by atoms with Crippen LogP contribution in [-0.4, -0.2) is 47.8 Å². The number of hydrogen-bond acceptors (Lipinski definition) is 4. The number of carbonyl (C=O) groups excluding carboxylic acids is 2. The molecule has 3 aliphatic heterocycles. The molecule has 0 bridgehead atoms. The predicted molar refractivity (Wildman–Crippen MR) is 99.5 cm³/mol. The Morgan fingerprint density at radius 3 is 2.76 bits per heavy atom. The minimum atomic E-state index is -0.524. The van der Waals surface area contributed by atoms with Crippen LogP contribution in [0.3, 0.4) is 0 Å². The number of thioether (sulfide) groups is 1. The molecule has 6 heteroatoms. The SMILES string of the molecule is CN(C)C(=O)C1C=C(c2ccccc2)C(=O)N2N=CC3=CCSC3=C12. The molecule has 0 fully saturated rings. The van der Waals surface area contributed by atoms with Gasteiger partial charge in [0.2, 0.25) is 5.91 Å². The summed E-state index contributed by atoms with van der Waals surface area (Å²) in [6, 6.07) is 9.42. The topological polar surface area (TPSA) is 53.0 Å². The summed E-state index contributed by atoms with van der Waals surface area (Å²) in [5, 5.41) is 5.75. The average molecular weight is 351 g/mol. The number of amides is 2. The number of allylic oxidation sites excluding steroid dienone is 1. The van der Waals surface area contributed by atoms with Crippen LogP contribution < -0.4 is 0 Å². The molecule has 0 aliphatic carbocycles. The first-order chi connectivity index (χ1) is 12.1. The van der Waals surface area contributed by atoms with Crippen molar-refractivity contribution in [1.82, 2.24) is 9.91 Å². The van der Waals surface area contributed by atoms with Crippen molar-refractivity contribution in [3.05, 3.63) is 64.2 Å². The summed E-state index contributed by atoms with van der Waals surface area (Å²) in [6.07, 6.45) is 5.57. The highest BCUT2D eigenvalue weighted by atomic mass is 32.2. The van der Waals surface area contributed by atoms with Crippen molar-refractivity contribution in [3.8, 4) is 0 Å². The van der Waals surface area contributed by atoms with Crippen LogP contribution in [0.15, 0.2) is 63.8 Å². The number of carbonyl (C=O) groups is 2. The number of rotatable bonds is 2. The molecule has 0 radical (unpaired) electrons. The smallest absolute Gasteiger partial charge is 0.278 e. The number of nitrogens with zero attached hydrogens (tertiary/aromatic N) is 3. The van der Waals surface area contributed by atoms with Gasteiger partial charge in [0.1, 0.15) is 5.92 Å². The largest absolute Gasteiger partial charge is 0.348 e. The lowest BCUT2D eigenvalue weighted by molar-refractivity contribution is -0.132. The van der Waals surface area contributed by atoms with Gasteiger partial charge in [-0.05, 0) is 5.56 Å². The summed E-state index contributed by atoms with van der Waals surface area (Å²) in [6.45, 7) is 0. The predicted octanol–water partition coefficient (Wildman–Crippen LogP) is 2.50. The third-order valence-corrected chi connectivity index (χ3v) is 5.48. The van der Waals surface area contributed by atoms with Crippen LogP contribution in [0.2, 0.25) is 0 Å². The monoisotopic (exact) mass is 351 g/mol. The van der Waals surface area contributed by atoms with Crippen LogP contribution in [0.25, 0.3) is 5.57 Å². The highest BCUT2D eigenvalue weighted by Crippen LogP contribution is 2.44. The van der Waals surface area contributed by atoms with Gasteiger partial charge in [0.15, 0.2) is 0 Å². The van der Waals surface area contributed by atoms with E-state index < -0.39 is 5.92 Å². The number of benzene rings is 1. The van der Waals surface area contributed by atoms with Gasteiger partial charge in [-0.15, -0.1) is 11.8 Å². The fraction of sp³-hybridized carbons (Fsp3) is 0.211. The van der Waals surface area contributed by atoms with Crippen molar-refractivity contribution in [2.75, 3.05) is 19.8 Å². The molecule has 0 N–H and O–H groups in total. The zero-order valence-electron chi connectivity index (χ0n) is 14.0. The normalized spacial score (nSPS) is 21.6. The fourth-order valence-corrected chi connectivity index (χ4v) is 4.27. The first kappa shape index (κ1) is 15.9. The summed E-state index contributed by atoms with van der Waals surface area (Å²) >= 11 is 1.65. The molecule has 1 aromatic rings. The summed E-state index contributed by atoms with van der Waals surface area (Å²) in [5.74, 6) is 0.0569. The molecule has 5 nitrogen and oxygen atoms in total. The molecule has 4 rings (SSSR count). The van der Waals surface area contributed by atoms with Gasteiger partial charge >= 0.3 is 0 Å². The second kappa shape index (κ2) is 6.04. The van der Waals surface area contributed by atoms with Crippen LogP contribution in [0, 0.1) is 5.92 Å². The molecule has 0 spiro atoms. The Kier molecular flexibility index (Phi) is 3.84. The Morgan fingerprint density at radius 2 is 2.04 bits per heavy atom. The van der Waals surface area contributed by atoms with Gasteiger partial charge in [-0.1, -0.05) is 42.5 Å². The van der Waals surface area contributed by atoms with Gasteiger partial charge in [0.05, 0.1) is 11.9 Å². The molecule has 0 saturated carbocycles. The molecular formula is C19H17N3O2S. The van der Waals surface area contributed by atoms with Crippen molar-refractivity contribution in [1.29, 1.82) is 0 Å².